The number of nitrogens with one attached hydrogen (secondary N) is 2. The molecule has 0 aliphatic carbocycles. The van der Waals surface area contributed by atoms with Gasteiger partial charge in [-0.1, -0.05) is 6.08 Å². The first-order valence-electron chi connectivity index (χ1n) is 10.3. The number of aliphatic imine (C=N–C) groups is 1. The van der Waals surface area contributed by atoms with Crippen LogP contribution in [0.1, 0.15) is 25.3 Å². The van der Waals surface area contributed by atoms with Crippen molar-refractivity contribution in [1.82, 2.24) is 20.5 Å². The van der Waals surface area contributed by atoms with Crippen LogP contribution in [0.2, 0.25) is 0 Å². The van der Waals surface area contributed by atoms with E-state index in [-0.39, 0.29) is 30.1 Å². The summed E-state index contributed by atoms with van der Waals surface area (Å²) >= 11 is 0. The van der Waals surface area contributed by atoms with Gasteiger partial charge < -0.3 is 20.3 Å². The number of hydrogen-bond donors (Lipinski definition) is 2. The number of guanidine groups is 1. The van der Waals surface area contributed by atoms with Crippen molar-refractivity contribution in [2.24, 2.45) is 4.99 Å². The number of ether oxygens (including phenoxy) is 1. The zero-order valence-electron chi connectivity index (χ0n) is 17.6. The van der Waals surface area contributed by atoms with Crippen molar-refractivity contribution in [1.29, 1.82) is 0 Å². The van der Waals surface area contributed by atoms with Gasteiger partial charge >= 0.3 is 0 Å². The molecule has 0 saturated carbocycles. The van der Waals surface area contributed by atoms with Gasteiger partial charge in [0.05, 0.1) is 12.7 Å². The number of rotatable bonds is 6. The van der Waals surface area contributed by atoms with Crippen LogP contribution in [-0.2, 0) is 11.3 Å². The van der Waals surface area contributed by atoms with E-state index < -0.39 is 0 Å². The fourth-order valence-corrected chi connectivity index (χ4v) is 3.79. The summed E-state index contributed by atoms with van der Waals surface area (Å²) in [4.78, 5) is 13.7. The molecule has 1 atom stereocenters. The lowest BCUT2D eigenvalue weighted by molar-refractivity contribution is 0.0529. The summed E-state index contributed by atoms with van der Waals surface area (Å²) in [5.74, 6) is 1.88. The second-order valence-electron chi connectivity index (χ2n) is 7.58. The number of likely N-dealkylation sites (tertiary alicyclic amines) is 1. The molecule has 1 aromatic rings. The van der Waals surface area contributed by atoms with Gasteiger partial charge in [0, 0.05) is 58.6 Å². The van der Waals surface area contributed by atoms with Gasteiger partial charge in [-0.2, -0.15) is 0 Å². The molecule has 8 heteroatoms. The van der Waals surface area contributed by atoms with E-state index in [9.17, 15) is 0 Å². The van der Waals surface area contributed by atoms with Crippen molar-refractivity contribution < 1.29 is 4.74 Å². The molecule has 2 saturated heterocycles. The highest BCUT2D eigenvalue weighted by molar-refractivity contribution is 14.0. The lowest BCUT2D eigenvalue weighted by Crippen LogP contribution is -2.48. The van der Waals surface area contributed by atoms with E-state index in [1.165, 1.54) is 5.56 Å². The largest absolute Gasteiger partial charge is 0.375 e. The van der Waals surface area contributed by atoms with Gasteiger partial charge in [-0.25, -0.2) is 4.98 Å². The average molecular weight is 514 g/mol. The molecule has 162 valence electrons. The molecule has 0 amide bonds. The minimum atomic E-state index is 0. The summed E-state index contributed by atoms with van der Waals surface area (Å²) in [5.41, 5.74) is 1.20. The molecule has 2 aliphatic heterocycles. The zero-order valence-corrected chi connectivity index (χ0v) is 20.0. The van der Waals surface area contributed by atoms with E-state index >= 15 is 0 Å². The number of piperidine rings is 1. The highest BCUT2D eigenvalue weighted by Crippen LogP contribution is 2.16. The predicted molar refractivity (Wildman–Crippen MR) is 130 cm³/mol. The Bertz CT molecular complexity index is 662. The Morgan fingerprint density at radius 1 is 1.38 bits per heavy atom. The monoisotopic (exact) mass is 514 g/mol. The first kappa shape index (κ1) is 23.9. The van der Waals surface area contributed by atoms with Crippen molar-refractivity contribution in [3.05, 3.63) is 36.5 Å². The molecule has 7 nitrogen and oxygen atoms in total. The van der Waals surface area contributed by atoms with Crippen molar-refractivity contribution in [3.8, 4) is 0 Å². The molecule has 29 heavy (non-hydrogen) atoms. The molecule has 3 heterocycles. The van der Waals surface area contributed by atoms with Crippen LogP contribution in [0.5, 0.6) is 0 Å². The normalized spacial score (nSPS) is 21.4. The van der Waals surface area contributed by atoms with Crippen LogP contribution in [-0.4, -0.2) is 74.4 Å². The molecular weight excluding hydrogens is 479 g/mol. The van der Waals surface area contributed by atoms with Crippen LogP contribution in [0.15, 0.2) is 36.0 Å². The first-order valence-corrected chi connectivity index (χ1v) is 10.3. The maximum absolute atomic E-state index is 5.63. The highest BCUT2D eigenvalue weighted by atomic mass is 127. The Morgan fingerprint density at radius 3 is 2.86 bits per heavy atom. The van der Waals surface area contributed by atoms with Crippen LogP contribution < -0.4 is 15.5 Å². The number of pyridine rings is 1. The summed E-state index contributed by atoms with van der Waals surface area (Å²) < 4.78 is 5.63. The van der Waals surface area contributed by atoms with Gasteiger partial charge in [-0.05, 0) is 37.5 Å². The lowest BCUT2D eigenvalue weighted by Gasteiger charge is -2.32. The van der Waals surface area contributed by atoms with E-state index in [1.807, 2.05) is 19.3 Å². The van der Waals surface area contributed by atoms with Gasteiger partial charge in [0.2, 0.25) is 0 Å². The fourth-order valence-electron chi connectivity index (χ4n) is 3.79. The lowest BCUT2D eigenvalue weighted by atomic mass is 10.1. The van der Waals surface area contributed by atoms with Crippen molar-refractivity contribution >= 4 is 35.8 Å². The van der Waals surface area contributed by atoms with E-state index in [0.29, 0.717) is 6.04 Å². The smallest absolute Gasteiger partial charge is 0.191 e. The topological polar surface area (TPSA) is 65.0 Å². The van der Waals surface area contributed by atoms with E-state index in [4.69, 9.17) is 4.74 Å². The van der Waals surface area contributed by atoms with E-state index in [2.05, 4.69) is 56.0 Å². The third-order valence-corrected chi connectivity index (χ3v) is 5.37. The summed E-state index contributed by atoms with van der Waals surface area (Å²) in [6, 6.07) is 4.68. The maximum atomic E-state index is 5.63. The third-order valence-electron chi connectivity index (χ3n) is 5.37. The van der Waals surface area contributed by atoms with Gasteiger partial charge in [-0.15, -0.1) is 30.6 Å². The van der Waals surface area contributed by atoms with Crippen LogP contribution in [0.3, 0.4) is 0 Å². The second-order valence-corrected chi connectivity index (χ2v) is 7.58. The number of nitrogens with zero attached hydrogens (tertiary/aromatic N) is 4. The SMILES string of the molecule is C=CCN1CCC(NC(=NC)NCc2ccnc(N3CCOC(C)C3)c2)CC1.I. The molecule has 3 rings (SSSR count). The third kappa shape index (κ3) is 7.42. The predicted octanol–water partition coefficient (Wildman–Crippen LogP) is 2.24. The molecule has 2 aliphatic rings. The molecule has 0 bridgehead atoms. The van der Waals surface area contributed by atoms with Gasteiger partial charge in [0.15, 0.2) is 5.96 Å². The van der Waals surface area contributed by atoms with E-state index in [1.54, 1.807) is 0 Å². The summed E-state index contributed by atoms with van der Waals surface area (Å²) in [7, 11) is 1.83. The van der Waals surface area contributed by atoms with Crippen LogP contribution in [0.25, 0.3) is 0 Å². The summed E-state index contributed by atoms with van der Waals surface area (Å²) in [6.07, 6.45) is 6.37. The van der Waals surface area contributed by atoms with Gasteiger partial charge in [0.25, 0.3) is 0 Å². The maximum Gasteiger partial charge on any atom is 0.191 e. The zero-order chi connectivity index (χ0) is 19.8. The molecule has 0 radical (unpaired) electrons. The number of morpholine rings is 1. The Morgan fingerprint density at radius 2 is 2.17 bits per heavy atom. The van der Waals surface area contributed by atoms with Crippen LogP contribution in [0.4, 0.5) is 5.82 Å². The minimum absolute atomic E-state index is 0. The Kier molecular flexibility index (Phi) is 10.2. The van der Waals surface area contributed by atoms with Gasteiger partial charge in [-0.3, -0.25) is 9.89 Å². The Hall–Kier alpha value is -1.39. The molecule has 2 fully saturated rings. The molecule has 1 unspecified atom stereocenters. The first-order chi connectivity index (χ1) is 13.7. The minimum Gasteiger partial charge on any atom is -0.375 e. The highest BCUT2D eigenvalue weighted by Gasteiger charge is 2.20. The van der Waals surface area contributed by atoms with Crippen molar-refractivity contribution in [2.75, 3.05) is 51.3 Å². The Labute approximate surface area is 192 Å². The second kappa shape index (κ2) is 12.3. The molecule has 0 aromatic carbocycles. The number of aromatic nitrogens is 1. The van der Waals surface area contributed by atoms with E-state index in [0.717, 1.165) is 70.5 Å². The summed E-state index contributed by atoms with van der Waals surface area (Å²) in [5, 5.41) is 7.01. The number of hydrogen-bond acceptors (Lipinski definition) is 5. The fraction of sp³-hybridized carbons (Fsp3) is 0.619. The molecular formula is C21H35IN6O. The Balaban J connectivity index is 0.00000300. The molecule has 0 spiro atoms. The number of halogens is 1. The van der Waals surface area contributed by atoms with Gasteiger partial charge in [0.1, 0.15) is 5.82 Å². The molecule has 2 N–H and O–H groups in total. The quantitative estimate of drug-likeness (QED) is 0.263. The van der Waals surface area contributed by atoms with Crippen LogP contribution >= 0.6 is 24.0 Å². The van der Waals surface area contributed by atoms with Crippen molar-refractivity contribution in [3.63, 3.8) is 0 Å². The number of anilines is 1. The van der Waals surface area contributed by atoms with Crippen LogP contribution in [0, 0.1) is 0 Å². The average Bonchev–Trinajstić information content (AvgIpc) is 2.73. The summed E-state index contributed by atoms with van der Waals surface area (Å²) in [6.45, 7) is 12.4. The standard InChI is InChI=1S/C21H34N6O.HI/c1-4-9-26-10-6-19(7-11-26)25-21(22-3)24-15-18-5-8-23-20(14-18)27-12-13-28-17(2)16-27;/h4-5,8,14,17,19H,1,6-7,9-13,15-16H2,2-3H3,(H2,22,24,25);1H. The molecule has 1 aromatic heterocycles. The van der Waals surface area contributed by atoms with Crippen molar-refractivity contribution in [2.45, 2.75) is 38.5 Å².